The molecule has 0 saturated carbocycles. The lowest BCUT2D eigenvalue weighted by Gasteiger charge is -2.29. The number of hydrogen-bond donors (Lipinski definition) is 0. The van der Waals surface area contributed by atoms with Gasteiger partial charge >= 0.3 is 10.1 Å². The summed E-state index contributed by atoms with van der Waals surface area (Å²) < 4.78 is 30.7. The van der Waals surface area contributed by atoms with E-state index in [1.165, 1.54) is 24.3 Å². The van der Waals surface area contributed by atoms with E-state index >= 15 is 0 Å². The maximum Gasteiger partial charge on any atom is 0.339 e. The highest BCUT2D eigenvalue weighted by atomic mass is 35.5. The van der Waals surface area contributed by atoms with Crippen molar-refractivity contribution in [3.63, 3.8) is 0 Å². The number of carbonyl (C=O) groups excluding carboxylic acids is 2. The van der Waals surface area contributed by atoms with Crippen molar-refractivity contribution in [2.24, 2.45) is 5.92 Å². The molecule has 10 heteroatoms. The molecule has 4 aromatic rings. The molecule has 0 bridgehead atoms. The number of para-hydroxylation sites is 1. The Morgan fingerprint density at radius 1 is 0.800 bits per heavy atom. The summed E-state index contributed by atoms with van der Waals surface area (Å²) in [5.74, 6) is -1.63. The molecule has 3 atom stereocenters. The van der Waals surface area contributed by atoms with Gasteiger partial charge in [-0.15, -0.1) is 0 Å². The van der Waals surface area contributed by atoms with Gasteiger partial charge in [-0.25, -0.2) is 9.96 Å². The number of fused-ring (bicyclic) bond motifs is 1. The van der Waals surface area contributed by atoms with Crippen molar-refractivity contribution in [3.05, 3.63) is 119 Å². The van der Waals surface area contributed by atoms with Crippen LogP contribution in [0.3, 0.4) is 0 Å². The number of nitrogens with zero attached hydrogens (tertiary/aromatic N) is 2. The fraction of sp³-hybridized carbons (Fsp3) is 0.133. The molecule has 2 saturated heterocycles. The number of halogens is 1. The van der Waals surface area contributed by atoms with Crippen LogP contribution in [0, 0.1) is 12.8 Å². The van der Waals surface area contributed by atoms with Crippen molar-refractivity contribution in [1.29, 1.82) is 0 Å². The number of hydroxylamine groups is 1. The number of carbonyl (C=O) groups is 2. The van der Waals surface area contributed by atoms with Gasteiger partial charge in [-0.05, 0) is 66.6 Å². The molecule has 2 aliphatic rings. The van der Waals surface area contributed by atoms with Crippen LogP contribution < -0.4 is 14.1 Å². The van der Waals surface area contributed by atoms with Gasteiger partial charge < -0.3 is 4.18 Å². The van der Waals surface area contributed by atoms with Crippen LogP contribution in [-0.4, -0.2) is 26.3 Å². The van der Waals surface area contributed by atoms with Crippen molar-refractivity contribution >= 4 is 44.9 Å². The second kappa shape index (κ2) is 10.1. The molecule has 6 rings (SSSR count). The van der Waals surface area contributed by atoms with Gasteiger partial charge in [0.1, 0.15) is 16.6 Å². The Kier molecular flexibility index (Phi) is 6.58. The first-order valence-corrected chi connectivity index (χ1v) is 14.3. The molecule has 2 fully saturated rings. The second-order valence-electron chi connectivity index (χ2n) is 9.47. The third kappa shape index (κ3) is 4.42. The van der Waals surface area contributed by atoms with Crippen molar-refractivity contribution in [2.75, 3.05) is 9.96 Å². The zero-order chi connectivity index (χ0) is 28.0. The summed E-state index contributed by atoms with van der Waals surface area (Å²) in [6, 6.07) is 27.8. The number of hydrogen-bond acceptors (Lipinski definition) is 7. The molecule has 0 unspecified atom stereocenters. The van der Waals surface area contributed by atoms with Crippen LogP contribution >= 0.6 is 11.6 Å². The Bertz CT molecular complexity index is 1700. The number of amides is 2. The first-order chi connectivity index (χ1) is 19.3. The van der Waals surface area contributed by atoms with Crippen LogP contribution in [-0.2, 0) is 24.5 Å². The van der Waals surface area contributed by atoms with Crippen molar-refractivity contribution in [2.45, 2.75) is 24.0 Å². The Morgan fingerprint density at radius 2 is 1.45 bits per heavy atom. The molecule has 4 aromatic carbocycles. The van der Waals surface area contributed by atoms with Crippen LogP contribution in [0.1, 0.15) is 17.2 Å². The predicted molar refractivity (Wildman–Crippen MR) is 149 cm³/mol. The third-order valence-corrected chi connectivity index (χ3v) is 8.74. The van der Waals surface area contributed by atoms with E-state index in [0.29, 0.717) is 27.5 Å². The molecule has 0 aromatic heterocycles. The summed E-state index contributed by atoms with van der Waals surface area (Å²) in [6.45, 7) is 1.75. The van der Waals surface area contributed by atoms with Gasteiger partial charge in [-0.1, -0.05) is 66.2 Å². The average molecular weight is 575 g/mol. The summed E-state index contributed by atoms with van der Waals surface area (Å²) in [7, 11) is -4.03. The first-order valence-electron chi connectivity index (χ1n) is 12.5. The Morgan fingerprint density at radius 3 is 2.12 bits per heavy atom. The lowest BCUT2D eigenvalue weighted by Crippen LogP contribution is -2.37. The number of benzene rings is 4. The molecule has 0 N–H and O–H groups in total. The predicted octanol–water partition coefficient (Wildman–Crippen LogP) is 5.47. The Labute approximate surface area is 236 Å². The summed E-state index contributed by atoms with van der Waals surface area (Å²) in [5.41, 5.74) is 2.34. The minimum Gasteiger partial charge on any atom is -0.379 e. The largest absolute Gasteiger partial charge is 0.379 e. The van der Waals surface area contributed by atoms with Crippen LogP contribution in [0.25, 0.3) is 0 Å². The highest BCUT2D eigenvalue weighted by Gasteiger charge is 2.60. The molecule has 202 valence electrons. The highest BCUT2D eigenvalue weighted by Crippen LogP contribution is 2.48. The Balaban J connectivity index is 1.36. The van der Waals surface area contributed by atoms with Gasteiger partial charge in [0, 0.05) is 5.02 Å². The average Bonchev–Trinajstić information content (AvgIpc) is 3.47. The Hall–Kier alpha value is -4.18. The fourth-order valence-electron chi connectivity index (χ4n) is 5.11. The molecule has 8 nitrogen and oxygen atoms in total. The third-order valence-electron chi connectivity index (χ3n) is 7.07. The minimum absolute atomic E-state index is 0.0350. The van der Waals surface area contributed by atoms with E-state index in [9.17, 15) is 18.0 Å². The summed E-state index contributed by atoms with van der Waals surface area (Å²) in [6.07, 6.45) is -1.05. The lowest BCUT2D eigenvalue weighted by atomic mass is 9.90. The van der Waals surface area contributed by atoms with Gasteiger partial charge in [0.15, 0.2) is 6.10 Å². The molecule has 2 amide bonds. The van der Waals surface area contributed by atoms with E-state index < -0.39 is 40.0 Å². The fourth-order valence-corrected chi connectivity index (χ4v) is 6.23. The maximum absolute atomic E-state index is 13.9. The smallest absolute Gasteiger partial charge is 0.339 e. The van der Waals surface area contributed by atoms with E-state index in [4.69, 9.17) is 20.6 Å². The van der Waals surface area contributed by atoms with Crippen molar-refractivity contribution < 1.29 is 27.0 Å². The molecule has 2 heterocycles. The second-order valence-corrected chi connectivity index (χ2v) is 11.4. The molecule has 2 aliphatic heterocycles. The zero-order valence-electron chi connectivity index (χ0n) is 21.2. The van der Waals surface area contributed by atoms with E-state index in [-0.39, 0.29) is 10.6 Å². The molecular weight excluding hydrogens is 552 g/mol. The van der Waals surface area contributed by atoms with E-state index in [1.54, 1.807) is 60.5 Å². The maximum atomic E-state index is 13.9. The number of imide groups is 1. The van der Waals surface area contributed by atoms with Crippen molar-refractivity contribution in [3.8, 4) is 5.75 Å². The topological polar surface area (TPSA) is 93.2 Å². The summed E-state index contributed by atoms with van der Waals surface area (Å²) >= 11 is 6.29. The summed E-state index contributed by atoms with van der Waals surface area (Å²) in [4.78, 5) is 34.8. The lowest BCUT2D eigenvalue weighted by molar-refractivity contribution is -0.126. The molecule has 40 heavy (non-hydrogen) atoms. The molecule has 0 radical (unpaired) electrons. The van der Waals surface area contributed by atoms with Gasteiger partial charge in [0.05, 0.1) is 17.4 Å². The summed E-state index contributed by atoms with van der Waals surface area (Å²) in [5, 5.41) is 2.02. The number of anilines is 2. The number of rotatable bonds is 6. The van der Waals surface area contributed by atoms with Crippen molar-refractivity contribution in [1.82, 2.24) is 0 Å². The van der Waals surface area contributed by atoms with E-state index in [1.807, 2.05) is 30.3 Å². The normalized spacial score (nSPS) is 20.6. The highest BCUT2D eigenvalue weighted by molar-refractivity contribution is 7.87. The quantitative estimate of drug-likeness (QED) is 0.223. The molecule has 0 aliphatic carbocycles. The van der Waals surface area contributed by atoms with Gasteiger partial charge in [-0.3, -0.25) is 14.4 Å². The standard InChI is InChI=1S/C30H23ClN2O6S/c1-19-24(31)13-8-14-25(19)32-29(34)26-27(33(38-28(26)30(32)35)21-9-4-2-5-10-21)20-15-17-22(18-16-20)39-40(36,37)23-11-6-3-7-12-23/h2-18,26-28H,1H3/t26-,27+,28+/m0/s1. The van der Waals surface area contributed by atoms with Gasteiger partial charge in [0.25, 0.3) is 5.91 Å². The SMILES string of the molecule is Cc1c(Cl)cccc1N1C(=O)[C@H]2[C@@H](c3ccc(OS(=O)(=O)c4ccccc4)cc3)N(c3ccccc3)O[C@H]2C1=O. The van der Waals surface area contributed by atoms with Crippen LogP contribution in [0.5, 0.6) is 5.75 Å². The van der Waals surface area contributed by atoms with Crippen LogP contribution in [0.4, 0.5) is 11.4 Å². The van der Waals surface area contributed by atoms with E-state index in [0.717, 1.165) is 4.90 Å². The molecule has 0 spiro atoms. The molecular formula is C30H23ClN2O6S. The first kappa shape index (κ1) is 26.1. The van der Waals surface area contributed by atoms with Gasteiger partial charge in [0.2, 0.25) is 5.91 Å². The van der Waals surface area contributed by atoms with Gasteiger partial charge in [-0.2, -0.15) is 8.42 Å². The monoisotopic (exact) mass is 574 g/mol. The minimum atomic E-state index is -4.03. The van der Waals surface area contributed by atoms with E-state index in [2.05, 4.69) is 0 Å². The van der Waals surface area contributed by atoms with Crippen LogP contribution in [0.2, 0.25) is 5.02 Å². The van der Waals surface area contributed by atoms with Crippen LogP contribution in [0.15, 0.2) is 108 Å². The zero-order valence-corrected chi connectivity index (χ0v) is 22.7.